The van der Waals surface area contributed by atoms with Crippen molar-refractivity contribution in [1.29, 1.82) is 0 Å². The third-order valence-corrected chi connectivity index (χ3v) is 3.67. The molecule has 26 heavy (non-hydrogen) atoms. The summed E-state index contributed by atoms with van der Waals surface area (Å²) in [6, 6.07) is 8.25. The number of amides is 2. The molecule has 0 bridgehead atoms. The summed E-state index contributed by atoms with van der Waals surface area (Å²) in [7, 11) is 0. The smallest absolute Gasteiger partial charge is 0.257 e. The number of nitrogens with one attached hydrogen (secondary N) is 2. The Labute approximate surface area is 158 Å². The molecule has 0 saturated carbocycles. The first-order valence-corrected chi connectivity index (χ1v) is 8.10. The molecule has 2 rings (SSSR count). The number of rotatable bonds is 7. The fraction of sp³-hybridized carbons (Fsp3) is 0.412. The second-order valence-electron chi connectivity index (χ2n) is 6.10. The molecule has 1 aromatic heterocycles. The minimum Gasteiger partial charge on any atom is -0.346 e. The maximum atomic E-state index is 11.9. The minimum absolute atomic E-state index is 0. The van der Waals surface area contributed by atoms with E-state index in [2.05, 4.69) is 20.8 Å². The molecule has 0 aliphatic rings. The number of nitrogens with zero attached hydrogens (tertiary/aromatic N) is 2. The molecular formula is C17H24ClN5O3. The molecule has 0 radical (unpaired) electrons. The monoisotopic (exact) mass is 381 g/mol. The topological polar surface area (TPSA) is 123 Å². The van der Waals surface area contributed by atoms with Crippen LogP contribution in [0.5, 0.6) is 0 Å². The first-order valence-electron chi connectivity index (χ1n) is 8.10. The van der Waals surface area contributed by atoms with E-state index in [0.717, 1.165) is 5.56 Å². The van der Waals surface area contributed by atoms with E-state index in [1.54, 1.807) is 6.92 Å². The summed E-state index contributed by atoms with van der Waals surface area (Å²) in [6.45, 7) is 5.26. The van der Waals surface area contributed by atoms with Gasteiger partial charge in [0, 0.05) is 5.56 Å². The van der Waals surface area contributed by atoms with Crippen molar-refractivity contribution >= 4 is 24.2 Å². The van der Waals surface area contributed by atoms with Crippen molar-refractivity contribution in [3.63, 3.8) is 0 Å². The van der Waals surface area contributed by atoms with Gasteiger partial charge in [-0.25, -0.2) is 0 Å². The molecule has 0 saturated heterocycles. The number of aromatic nitrogens is 2. The van der Waals surface area contributed by atoms with Crippen molar-refractivity contribution < 1.29 is 14.1 Å². The lowest BCUT2D eigenvalue weighted by atomic mass is 10.1. The number of benzene rings is 1. The second-order valence-corrected chi connectivity index (χ2v) is 6.10. The van der Waals surface area contributed by atoms with Crippen LogP contribution in [0.2, 0.25) is 0 Å². The summed E-state index contributed by atoms with van der Waals surface area (Å²) in [5, 5.41) is 9.10. The Bertz CT molecular complexity index is 720. The van der Waals surface area contributed by atoms with Crippen LogP contribution in [0, 0.1) is 5.92 Å². The SMILES string of the molecule is CC(NC(=O)CNC(=O)[C@@H](N)C(C)C)c1noc(-c2ccccc2)n1.Cl. The van der Waals surface area contributed by atoms with Crippen molar-refractivity contribution in [3.8, 4) is 11.5 Å². The van der Waals surface area contributed by atoms with E-state index in [9.17, 15) is 9.59 Å². The van der Waals surface area contributed by atoms with E-state index in [1.807, 2.05) is 44.2 Å². The highest BCUT2D eigenvalue weighted by Crippen LogP contribution is 2.18. The highest BCUT2D eigenvalue weighted by atomic mass is 35.5. The van der Waals surface area contributed by atoms with E-state index in [1.165, 1.54) is 0 Å². The summed E-state index contributed by atoms with van der Waals surface area (Å²) in [5.41, 5.74) is 6.52. The van der Waals surface area contributed by atoms with Gasteiger partial charge in [0.05, 0.1) is 18.6 Å². The van der Waals surface area contributed by atoms with E-state index in [-0.39, 0.29) is 36.7 Å². The summed E-state index contributed by atoms with van der Waals surface area (Å²) in [4.78, 5) is 28.0. The van der Waals surface area contributed by atoms with Crippen LogP contribution in [0.25, 0.3) is 11.5 Å². The Kier molecular flexibility index (Phi) is 8.21. The van der Waals surface area contributed by atoms with Gasteiger partial charge in [-0.15, -0.1) is 12.4 Å². The Morgan fingerprint density at radius 1 is 1.19 bits per heavy atom. The highest BCUT2D eigenvalue weighted by Gasteiger charge is 2.20. The van der Waals surface area contributed by atoms with Gasteiger partial charge < -0.3 is 20.9 Å². The molecule has 9 heteroatoms. The van der Waals surface area contributed by atoms with Crippen LogP contribution in [-0.4, -0.2) is 34.5 Å². The summed E-state index contributed by atoms with van der Waals surface area (Å²) in [6.07, 6.45) is 0. The lowest BCUT2D eigenvalue weighted by Gasteiger charge is -2.16. The maximum absolute atomic E-state index is 11.9. The van der Waals surface area contributed by atoms with Gasteiger partial charge >= 0.3 is 0 Å². The summed E-state index contributed by atoms with van der Waals surface area (Å²) in [5.74, 6) is 0.0228. The van der Waals surface area contributed by atoms with E-state index in [4.69, 9.17) is 10.3 Å². The normalized spacial score (nSPS) is 12.8. The quantitative estimate of drug-likeness (QED) is 0.666. The third-order valence-electron chi connectivity index (χ3n) is 3.67. The molecule has 8 nitrogen and oxygen atoms in total. The summed E-state index contributed by atoms with van der Waals surface area (Å²) >= 11 is 0. The second kappa shape index (κ2) is 9.88. The Morgan fingerprint density at radius 3 is 2.46 bits per heavy atom. The molecule has 0 aliphatic carbocycles. The molecule has 142 valence electrons. The van der Waals surface area contributed by atoms with Crippen LogP contribution in [-0.2, 0) is 9.59 Å². The standard InChI is InChI=1S/C17H23N5O3.ClH/c1-10(2)14(18)16(24)19-9-13(23)20-11(3)15-21-17(25-22-15)12-7-5-4-6-8-12;/h4-8,10-11,14H,9,18H2,1-3H3,(H,19,24)(H,20,23);1H/t11?,14-;/m0./s1. The van der Waals surface area contributed by atoms with Gasteiger partial charge in [0.1, 0.15) is 0 Å². The molecular weight excluding hydrogens is 358 g/mol. The lowest BCUT2D eigenvalue weighted by molar-refractivity contribution is -0.127. The molecule has 2 aromatic rings. The molecule has 1 aromatic carbocycles. The Morgan fingerprint density at radius 2 is 1.85 bits per heavy atom. The van der Waals surface area contributed by atoms with Gasteiger partial charge in [-0.2, -0.15) is 4.98 Å². The Balaban J connectivity index is 0.00000338. The summed E-state index contributed by atoms with van der Waals surface area (Å²) < 4.78 is 5.21. The number of carbonyl (C=O) groups is 2. The number of nitrogens with two attached hydrogens (primary N) is 1. The third kappa shape index (κ3) is 5.82. The van der Waals surface area contributed by atoms with Crippen LogP contribution in [0.1, 0.15) is 32.6 Å². The largest absolute Gasteiger partial charge is 0.346 e. The number of hydrogen-bond donors (Lipinski definition) is 3. The molecule has 2 atom stereocenters. The predicted molar refractivity (Wildman–Crippen MR) is 99.4 cm³/mol. The number of hydrogen-bond acceptors (Lipinski definition) is 6. The average Bonchev–Trinajstić information content (AvgIpc) is 3.10. The van der Waals surface area contributed by atoms with Gasteiger partial charge in [-0.05, 0) is 25.0 Å². The van der Waals surface area contributed by atoms with Gasteiger partial charge in [0.25, 0.3) is 5.89 Å². The first-order chi connectivity index (χ1) is 11.9. The Hall–Kier alpha value is -2.45. The fourth-order valence-electron chi connectivity index (χ4n) is 2.05. The molecule has 0 fully saturated rings. The van der Waals surface area contributed by atoms with Crippen molar-refractivity contribution in [2.75, 3.05) is 6.54 Å². The lowest BCUT2D eigenvalue weighted by Crippen LogP contribution is -2.47. The molecule has 4 N–H and O–H groups in total. The molecule has 0 spiro atoms. The van der Waals surface area contributed by atoms with Gasteiger partial charge in [-0.3, -0.25) is 9.59 Å². The average molecular weight is 382 g/mol. The van der Waals surface area contributed by atoms with Crippen molar-refractivity contribution in [2.45, 2.75) is 32.9 Å². The van der Waals surface area contributed by atoms with Crippen LogP contribution >= 0.6 is 12.4 Å². The predicted octanol–water partition coefficient (Wildman–Crippen LogP) is 1.44. The maximum Gasteiger partial charge on any atom is 0.257 e. The van der Waals surface area contributed by atoms with Crippen LogP contribution in [0.3, 0.4) is 0 Å². The zero-order chi connectivity index (χ0) is 18.4. The molecule has 1 heterocycles. The van der Waals surface area contributed by atoms with Crippen LogP contribution < -0.4 is 16.4 Å². The molecule has 0 aliphatic heterocycles. The zero-order valence-electron chi connectivity index (χ0n) is 14.9. The van der Waals surface area contributed by atoms with E-state index in [0.29, 0.717) is 11.7 Å². The number of carbonyl (C=O) groups excluding carboxylic acids is 2. The van der Waals surface area contributed by atoms with Crippen LogP contribution in [0.4, 0.5) is 0 Å². The van der Waals surface area contributed by atoms with Crippen molar-refractivity contribution in [1.82, 2.24) is 20.8 Å². The fourth-order valence-corrected chi connectivity index (χ4v) is 2.05. The van der Waals surface area contributed by atoms with Gasteiger partial charge in [0.2, 0.25) is 11.8 Å². The van der Waals surface area contributed by atoms with Crippen LogP contribution in [0.15, 0.2) is 34.9 Å². The highest BCUT2D eigenvalue weighted by molar-refractivity contribution is 5.87. The van der Waals surface area contributed by atoms with E-state index < -0.39 is 12.1 Å². The van der Waals surface area contributed by atoms with E-state index >= 15 is 0 Å². The van der Waals surface area contributed by atoms with Gasteiger partial charge in [0.15, 0.2) is 5.82 Å². The minimum atomic E-state index is -0.643. The number of halogens is 1. The van der Waals surface area contributed by atoms with Gasteiger partial charge in [-0.1, -0.05) is 37.2 Å². The zero-order valence-corrected chi connectivity index (χ0v) is 15.7. The van der Waals surface area contributed by atoms with Crippen molar-refractivity contribution in [3.05, 3.63) is 36.2 Å². The molecule has 1 unspecified atom stereocenters. The molecule has 2 amide bonds. The van der Waals surface area contributed by atoms with Crippen molar-refractivity contribution in [2.24, 2.45) is 11.7 Å². The first kappa shape index (κ1) is 21.6.